The predicted octanol–water partition coefficient (Wildman–Crippen LogP) is 2.75. The summed E-state index contributed by atoms with van der Waals surface area (Å²) in [5, 5.41) is 3.66. The van der Waals surface area contributed by atoms with Crippen molar-refractivity contribution in [2.45, 2.75) is 13.8 Å². The molecule has 0 radical (unpaired) electrons. The Bertz CT molecular complexity index is 624. The second-order valence-electron chi connectivity index (χ2n) is 4.50. The minimum atomic E-state index is -0.232. The van der Waals surface area contributed by atoms with Gasteiger partial charge in [0.2, 0.25) is 0 Å². The van der Waals surface area contributed by atoms with E-state index in [1.54, 1.807) is 4.90 Å². The summed E-state index contributed by atoms with van der Waals surface area (Å²) in [7, 11) is 0. The highest BCUT2D eigenvalue weighted by molar-refractivity contribution is 6.49. The fourth-order valence-electron chi connectivity index (χ4n) is 2.04. The molecule has 0 saturated heterocycles. The number of carbonyl (C=O) groups excluding carboxylic acids is 1. The summed E-state index contributed by atoms with van der Waals surface area (Å²) in [5.41, 5.74) is 2.59. The lowest BCUT2D eigenvalue weighted by Crippen LogP contribution is -2.36. The Morgan fingerprint density at radius 3 is 2.35 bits per heavy atom. The van der Waals surface area contributed by atoms with E-state index in [0.29, 0.717) is 0 Å². The van der Waals surface area contributed by atoms with Crippen LogP contribution >= 0.6 is 0 Å². The van der Waals surface area contributed by atoms with Crippen LogP contribution in [0.3, 0.4) is 0 Å². The van der Waals surface area contributed by atoms with Gasteiger partial charge in [-0.25, -0.2) is 0 Å². The molecule has 1 aromatic carbocycles. The van der Waals surface area contributed by atoms with Gasteiger partial charge in [0.25, 0.3) is 5.91 Å². The standard InChI is InChI=1S/C16H17N3O/c1-12-8-6-7-9-13(2)19(16(20)15(12)18-17)14-10-4-3-5-11-14/h3-11H,17H2,1-2H3/b7-6-,12-8+,13-9+,18-15-. The number of anilines is 1. The van der Waals surface area contributed by atoms with Crippen molar-refractivity contribution < 1.29 is 4.79 Å². The molecule has 0 unspecified atom stereocenters. The number of para-hydroxylation sites is 1. The van der Waals surface area contributed by atoms with E-state index in [2.05, 4.69) is 5.10 Å². The van der Waals surface area contributed by atoms with Crippen molar-refractivity contribution in [1.82, 2.24) is 0 Å². The molecule has 4 nitrogen and oxygen atoms in total. The largest absolute Gasteiger partial charge is 0.323 e. The zero-order valence-corrected chi connectivity index (χ0v) is 11.6. The maximum absolute atomic E-state index is 12.7. The Kier molecular flexibility index (Phi) is 4.15. The van der Waals surface area contributed by atoms with Gasteiger partial charge in [-0.1, -0.05) is 36.4 Å². The third-order valence-corrected chi connectivity index (χ3v) is 3.07. The molecule has 0 saturated carbocycles. The fourth-order valence-corrected chi connectivity index (χ4v) is 2.04. The van der Waals surface area contributed by atoms with Gasteiger partial charge in [0.15, 0.2) is 5.71 Å². The Morgan fingerprint density at radius 1 is 1.05 bits per heavy atom. The maximum Gasteiger partial charge on any atom is 0.283 e. The van der Waals surface area contributed by atoms with Crippen LogP contribution < -0.4 is 10.7 Å². The average Bonchev–Trinajstić information content (AvgIpc) is 2.50. The topological polar surface area (TPSA) is 58.7 Å². The van der Waals surface area contributed by atoms with Gasteiger partial charge in [0.05, 0.1) is 0 Å². The third-order valence-electron chi connectivity index (χ3n) is 3.07. The van der Waals surface area contributed by atoms with Crippen molar-refractivity contribution in [3.63, 3.8) is 0 Å². The Morgan fingerprint density at radius 2 is 1.70 bits per heavy atom. The number of benzene rings is 1. The predicted molar refractivity (Wildman–Crippen MR) is 82.2 cm³/mol. The van der Waals surface area contributed by atoms with Crippen molar-refractivity contribution in [3.8, 4) is 0 Å². The molecule has 2 N–H and O–H groups in total. The molecule has 1 aliphatic rings. The zero-order valence-electron chi connectivity index (χ0n) is 11.6. The summed E-state index contributed by atoms with van der Waals surface area (Å²) in [4.78, 5) is 14.3. The first-order chi connectivity index (χ1) is 9.65. The molecule has 0 aliphatic carbocycles. The number of amides is 1. The van der Waals surface area contributed by atoms with E-state index in [1.165, 1.54) is 0 Å². The number of hydrogen-bond acceptors (Lipinski definition) is 3. The first-order valence-corrected chi connectivity index (χ1v) is 6.34. The van der Waals surface area contributed by atoms with Gasteiger partial charge in [-0.15, -0.1) is 0 Å². The van der Waals surface area contributed by atoms with Crippen molar-refractivity contribution in [2.75, 3.05) is 4.90 Å². The van der Waals surface area contributed by atoms with Gasteiger partial charge in [-0.05, 0) is 37.6 Å². The molecular formula is C16H17N3O. The molecular weight excluding hydrogens is 250 g/mol. The molecule has 2 rings (SSSR count). The van der Waals surface area contributed by atoms with Crippen LogP contribution in [0.4, 0.5) is 5.69 Å². The van der Waals surface area contributed by atoms with Crippen LogP contribution in [-0.2, 0) is 4.79 Å². The van der Waals surface area contributed by atoms with E-state index in [-0.39, 0.29) is 11.6 Å². The summed E-state index contributed by atoms with van der Waals surface area (Å²) in [6, 6.07) is 9.45. The minimum Gasteiger partial charge on any atom is -0.323 e. The van der Waals surface area contributed by atoms with Crippen LogP contribution in [0.5, 0.6) is 0 Å². The van der Waals surface area contributed by atoms with Crippen LogP contribution in [0.25, 0.3) is 0 Å². The lowest BCUT2D eigenvalue weighted by atomic mass is 10.1. The number of hydrogen-bond donors (Lipinski definition) is 1. The number of nitrogens with zero attached hydrogens (tertiary/aromatic N) is 2. The SMILES string of the molecule is C/C1=C\C=C/C=C(\C)N(c2ccccc2)C(=O)\C1=N/N. The monoisotopic (exact) mass is 267 g/mol. The van der Waals surface area contributed by atoms with Gasteiger partial charge in [0.1, 0.15) is 0 Å². The number of hydrazone groups is 1. The lowest BCUT2D eigenvalue weighted by molar-refractivity contribution is -0.112. The highest BCUT2D eigenvalue weighted by Crippen LogP contribution is 2.21. The molecule has 0 atom stereocenters. The van der Waals surface area contributed by atoms with E-state index in [0.717, 1.165) is 17.0 Å². The normalized spacial score (nSPS) is 25.0. The van der Waals surface area contributed by atoms with Crippen LogP contribution in [0.2, 0.25) is 0 Å². The van der Waals surface area contributed by atoms with E-state index in [1.807, 2.05) is 68.5 Å². The number of allylic oxidation sites excluding steroid dienone is 5. The maximum atomic E-state index is 12.7. The van der Waals surface area contributed by atoms with Crippen molar-refractivity contribution in [2.24, 2.45) is 10.9 Å². The fraction of sp³-hybridized carbons (Fsp3) is 0.125. The van der Waals surface area contributed by atoms with Crippen LogP contribution in [0.15, 0.2) is 71.0 Å². The third kappa shape index (κ3) is 2.69. The Balaban J connectivity index is 2.58. The number of carbonyl (C=O) groups is 1. The van der Waals surface area contributed by atoms with E-state index < -0.39 is 0 Å². The van der Waals surface area contributed by atoms with Crippen LogP contribution in [-0.4, -0.2) is 11.6 Å². The number of rotatable bonds is 1. The molecule has 0 fully saturated rings. The Labute approximate surface area is 118 Å². The van der Waals surface area contributed by atoms with E-state index in [4.69, 9.17) is 5.84 Å². The molecule has 102 valence electrons. The van der Waals surface area contributed by atoms with Crippen molar-refractivity contribution in [3.05, 3.63) is 65.9 Å². The second-order valence-corrected chi connectivity index (χ2v) is 4.50. The molecule has 1 aliphatic heterocycles. The zero-order chi connectivity index (χ0) is 14.5. The molecule has 0 spiro atoms. The van der Waals surface area contributed by atoms with E-state index in [9.17, 15) is 4.79 Å². The molecule has 1 heterocycles. The molecule has 0 bridgehead atoms. The highest BCUT2D eigenvalue weighted by Gasteiger charge is 2.24. The van der Waals surface area contributed by atoms with Gasteiger partial charge >= 0.3 is 0 Å². The summed E-state index contributed by atoms with van der Waals surface area (Å²) in [6.07, 6.45) is 7.46. The minimum absolute atomic E-state index is 0.232. The summed E-state index contributed by atoms with van der Waals surface area (Å²) in [6.45, 7) is 3.70. The second kappa shape index (κ2) is 6.02. The van der Waals surface area contributed by atoms with Gasteiger partial charge < -0.3 is 5.84 Å². The quantitative estimate of drug-likeness (QED) is 0.628. The molecule has 4 heteroatoms. The molecule has 1 amide bonds. The Hall–Kier alpha value is -2.62. The van der Waals surface area contributed by atoms with Crippen molar-refractivity contribution in [1.29, 1.82) is 0 Å². The summed E-state index contributed by atoms with van der Waals surface area (Å²) < 4.78 is 0. The van der Waals surface area contributed by atoms with Gasteiger partial charge in [0, 0.05) is 11.4 Å². The van der Waals surface area contributed by atoms with E-state index >= 15 is 0 Å². The molecule has 1 aromatic rings. The number of nitrogens with two attached hydrogens (primary N) is 1. The van der Waals surface area contributed by atoms with Gasteiger partial charge in [-0.2, -0.15) is 5.10 Å². The van der Waals surface area contributed by atoms with Crippen LogP contribution in [0, 0.1) is 0 Å². The summed E-state index contributed by atoms with van der Waals surface area (Å²) in [5.74, 6) is 5.17. The summed E-state index contributed by atoms with van der Waals surface area (Å²) >= 11 is 0. The first kappa shape index (κ1) is 13.8. The average molecular weight is 267 g/mol. The van der Waals surface area contributed by atoms with Gasteiger partial charge in [-0.3, -0.25) is 9.69 Å². The smallest absolute Gasteiger partial charge is 0.283 e. The molecule has 20 heavy (non-hydrogen) atoms. The van der Waals surface area contributed by atoms with Crippen LogP contribution in [0.1, 0.15) is 13.8 Å². The first-order valence-electron chi connectivity index (χ1n) is 6.34. The molecule has 0 aromatic heterocycles. The van der Waals surface area contributed by atoms with Crippen molar-refractivity contribution >= 4 is 17.3 Å². The lowest BCUT2D eigenvalue weighted by Gasteiger charge is -2.23. The highest BCUT2D eigenvalue weighted by atomic mass is 16.2.